The van der Waals surface area contributed by atoms with E-state index in [1.165, 1.54) is 18.5 Å². The Bertz CT molecular complexity index is 1740. The lowest BCUT2D eigenvalue weighted by atomic mass is 10.1. The summed E-state index contributed by atoms with van der Waals surface area (Å²) in [6.45, 7) is 2.95. The Morgan fingerprint density at radius 3 is 2.67 bits per heavy atom. The van der Waals surface area contributed by atoms with E-state index in [1.54, 1.807) is 6.20 Å². The number of rotatable bonds is 13. The van der Waals surface area contributed by atoms with Crippen molar-refractivity contribution >= 4 is 36.0 Å². The molecular formula is C27H30N7O10P. The molecule has 45 heavy (non-hydrogen) atoms. The van der Waals surface area contributed by atoms with E-state index in [2.05, 4.69) is 26.7 Å². The minimum Gasteiger partial charge on any atom is -0.468 e. The van der Waals surface area contributed by atoms with Crippen molar-refractivity contribution in [2.75, 3.05) is 13.7 Å². The Labute approximate surface area is 255 Å². The monoisotopic (exact) mass is 643 g/mol. The van der Waals surface area contributed by atoms with Crippen molar-refractivity contribution in [1.29, 1.82) is 0 Å². The number of nitrogens with two attached hydrogens (primary N) is 1. The molecule has 0 bridgehead atoms. The number of benzene rings is 2. The quantitative estimate of drug-likeness (QED) is 0.0604. The molecule has 0 radical (unpaired) electrons. The predicted molar refractivity (Wildman–Crippen MR) is 157 cm³/mol. The van der Waals surface area contributed by atoms with E-state index in [0.29, 0.717) is 5.56 Å². The average Bonchev–Trinajstić information content (AvgIpc) is 3.74. The first-order chi connectivity index (χ1) is 21.5. The van der Waals surface area contributed by atoms with E-state index in [0.717, 1.165) is 34.8 Å². The molecule has 4 aromatic rings. The minimum atomic E-state index is -4.55. The number of aromatic amines is 1. The molecule has 1 fully saturated rings. The summed E-state index contributed by atoms with van der Waals surface area (Å²) in [6.07, 6.45) is -2.55. The number of H-pyrrole nitrogens is 1. The van der Waals surface area contributed by atoms with Gasteiger partial charge in [0.1, 0.15) is 36.4 Å². The number of nitrogens with one attached hydrogen (secondary N) is 2. The number of non-ortho nitro benzene ring substituents is 1. The predicted octanol–water partition coefficient (Wildman–Crippen LogP) is 1.79. The molecule has 5 rings (SSSR count). The van der Waals surface area contributed by atoms with E-state index in [4.69, 9.17) is 24.3 Å². The third kappa shape index (κ3) is 7.04. The highest BCUT2D eigenvalue weighted by Crippen LogP contribution is 2.46. The zero-order valence-electron chi connectivity index (χ0n) is 23.8. The van der Waals surface area contributed by atoms with E-state index in [9.17, 15) is 29.7 Å². The van der Waals surface area contributed by atoms with Crippen LogP contribution in [0.25, 0.3) is 16.6 Å². The number of fused-ring (bicyclic) bond motifs is 1. The summed E-state index contributed by atoms with van der Waals surface area (Å²) in [5, 5.41) is 40.0. The van der Waals surface area contributed by atoms with Crippen LogP contribution in [0, 0.1) is 10.1 Å². The fourth-order valence-electron chi connectivity index (χ4n) is 4.69. The molecule has 2 aromatic heterocycles. The maximum absolute atomic E-state index is 14.2. The third-order valence-electron chi connectivity index (χ3n) is 6.97. The normalized spacial score (nSPS) is 21.7. The van der Waals surface area contributed by atoms with Gasteiger partial charge < -0.3 is 34.9 Å². The van der Waals surface area contributed by atoms with Gasteiger partial charge in [-0.1, -0.05) is 24.8 Å². The van der Waals surface area contributed by atoms with Crippen LogP contribution >= 0.6 is 7.75 Å². The number of carbonyl (C=O) groups excluding carboxylic acids is 1. The van der Waals surface area contributed by atoms with Crippen LogP contribution in [-0.2, 0) is 29.8 Å². The van der Waals surface area contributed by atoms with Gasteiger partial charge in [-0.25, -0.2) is 14.2 Å². The first kappa shape index (κ1) is 31.8. The molecule has 17 nitrogen and oxygen atoms in total. The lowest BCUT2D eigenvalue weighted by molar-refractivity contribution is -0.384. The number of nitro benzene ring substituents is 1. The van der Waals surface area contributed by atoms with E-state index in [1.807, 2.05) is 24.3 Å². The Kier molecular flexibility index (Phi) is 9.29. The number of aromatic nitrogens is 4. The molecule has 2 aromatic carbocycles. The molecule has 6 N–H and O–H groups in total. The molecule has 1 saturated heterocycles. The highest BCUT2D eigenvalue weighted by molar-refractivity contribution is 7.52. The van der Waals surface area contributed by atoms with Crippen molar-refractivity contribution in [2.45, 2.75) is 37.0 Å². The first-order valence-corrected chi connectivity index (χ1v) is 15.0. The maximum Gasteiger partial charge on any atom is 0.459 e. The van der Waals surface area contributed by atoms with Gasteiger partial charge in [-0.15, -0.1) is 5.10 Å². The number of aliphatic hydroxyl groups excluding tert-OH is 2. The maximum atomic E-state index is 14.2. The summed E-state index contributed by atoms with van der Waals surface area (Å²) in [5.74, 6) is -0.781. The van der Waals surface area contributed by atoms with Gasteiger partial charge in [0.05, 0.1) is 24.3 Å². The van der Waals surface area contributed by atoms with Gasteiger partial charge in [0.25, 0.3) is 5.69 Å². The van der Waals surface area contributed by atoms with Gasteiger partial charge in [0.15, 0.2) is 12.1 Å². The Morgan fingerprint density at radius 2 is 2.00 bits per heavy atom. The summed E-state index contributed by atoms with van der Waals surface area (Å²) in [4.78, 5) is 30.5. The SMILES string of the molecule is C=C(N)c1ncn([C@@H]2O[C@H](COP(=O)(N[C@@H](Cc3c[nH]c4ccccc34)C(=O)OC)Oc3ccc([N+](=O)[O-])cc3)[C@@H](O)[C@H]2O)n1. The molecule has 0 amide bonds. The molecule has 6 atom stereocenters. The second-order valence-corrected chi connectivity index (χ2v) is 11.7. The van der Waals surface area contributed by atoms with Crippen molar-refractivity contribution < 1.29 is 43.0 Å². The summed E-state index contributed by atoms with van der Waals surface area (Å²) >= 11 is 0. The second-order valence-electron chi connectivity index (χ2n) is 10.0. The molecule has 238 valence electrons. The fraction of sp³-hybridized carbons (Fsp3) is 0.296. The lowest BCUT2D eigenvalue weighted by Gasteiger charge is -2.25. The van der Waals surface area contributed by atoms with Crippen LogP contribution < -0.4 is 15.3 Å². The Hall–Kier alpha value is -4.64. The number of aliphatic hydroxyl groups is 2. The number of esters is 1. The van der Waals surface area contributed by atoms with Gasteiger partial charge in [0.2, 0.25) is 0 Å². The number of methoxy groups -OCH3 is 1. The number of carbonyl (C=O) groups is 1. The molecule has 0 saturated carbocycles. The summed E-state index contributed by atoms with van der Waals surface area (Å²) < 4.78 is 37.4. The summed E-state index contributed by atoms with van der Waals surface area (Å²) in [6, 6.07) is 10.8. The highest BCUT2D eigenvalue weighted by atomic mass is 31.2. The average molecular weight is 644 g/mol. The molecule has 0 spiro atoms. The largest absolute Gasteiger partial charge is 0.468 e. The van der Waals surface area contributed by atoms with Gasteiger partial charge in [0, 0.05) is 35.7 Å². The lowest BCUT2D eigenvalue weighted by Crippen LogP contribution is -2.40. The van der Waals surface area contributed by atoms with Crippen LogP contribution in [0.4, 0.5) is 5.69 Å². The molecular weight excluding hydrogens is 613 g/mol. The van der Waals surface area contributed by atoms with E-state index < -0.39 is 55.8 Å². The minimum absolute atomic E-state index is 0.00192. The standard InChI is InChI=1S/C27H30N7O10P/c1-15(28)25-30-14-33(31-25)26-24(36)23(35)22(43-26)13-42-45(40,44-18-9-7-17(8-10-18)34(38)39)32-21(27(37)41-2)11-16-12-29-20-6-4-3-5-19(16)20/h3-10,12,14,21-24,26,29,35-36H,1,11,13,28H2,2H3,(H,32,40)/t21-,22+,23+,24+,26+,45?/m0/s1. The summed E-state index contributed by atoms with van der Waals surface area (Å²) in [5.41, 5.74) is 6.96. The number of para-hydroxylation sites is 1. The first-order valence-electron chi connectivity index (χ1n) is 13.4. The zero-order valence-corrected chi connectivity index (χ0v) is 24.6. The molecule has 1 unspecified atom stereocenters. The van der Waals surface area contributed by atoms with E-state index >= 15 is 0 Å². The molecule has 1 aliphatic rings. The van der Waals surface area contributed by atoms with Crippen LogP contribution in [0.2, 0.25) is 0 Å². The number of hydrogen-bond acceptors (Lipinski definition) is 13. The van der Waals surface area contributed by atoms with Crippen LogP contribution in [0.1, 0.15) is 17.6 Å². The van der Waals surface area contributed by atoms with Crippen molar-refractivity contribution in [3.63, 3.8) is 0 Å². The van der Waals surface area contributed by atoms with Crippen molar-refractivity contribution in [2.24, 2.45) is 5.73 Å². The van der Waals surface area contributed by atoms with Gasteiger partial charge in [-0.05, 0) is 23.8 Å². The topological polar surface area (TPSA) is 239 Å². The molecule has 3 heterocycles. The Morgan fingerprint density at radius 1 is 1.27 bits per heavy atom. The fourth-order valence-corrected chi connectivity index (χ4v) is 6.20. The third-order valence-corrected chi connectivity index (χ3v) is 8.54. The van der Waals surface area contributed by atoms with Gasteiger partial charge in [-0.3, -0.25) is 19.4 Å². The van der Waals surface area contributed by atoms with E-state index in [-0.39, 0.29) is 29.4 Å². The number of nitro groups is 1. The second kappa shape index (κ2) is 13.2. The molecule has 0 aliphatic carbocycles. The van der Waals surface area contributed by atoms with Crippen LogP contribution in [-0.4, -0.2) is 78.9 Å². The Balaban J connectivity index is 1.39. The van der Waals surface area contributed by atoms with Gasteiger partial charge >= 0.3 is 13.7 Å². The molecule has 1 aliphatic heterocycles. The van der Waals surface area contributed by atoms with Crippen LogP contribution in [0.5, 0.6) is 5.75 Å². The van der Waals surface area contributed by atoms with Crippen molar-refractivity contribution in [1.82, 2.24) is 24.8 Å². The highest BCUT2D eigenvalue weighted by Gasteiger charge is 2.46. The summed E-state index contributed by atoms with van der Waals surface area (Å²) in [7, 11) is -3.39. The zero-order chi connectivity index (χ0) is 32.3. The van der Waals surface area contributed by atoms with Crippen molar-refractivity contribution in [3.8, 4) is 5.75 Å². The number of nitrogens with zero attached hydrogens (tertiary/aromatic N) is 4. The van der Waals surface area contributed by atoms with Gasteiger partial charge in [-0.2, -0.15) is 5.09 Å². The number of ether oxygens (including phenoxy) is 2. The molecule has 18 heteroatoms. The van der Waals surface area contributed by atoms with Crippen LogP contribution in [0.3, 0.4) is 0 Å². The van der Waals surface area contributed by atoms with Crippen molar-refractivity contribution in [3.05, 3.63) is 89.1 Å². The smallest absolute Gasteiger partial charge is 0.459 e. The van der Waals surface area contributed by atoms with Crippen LogP contribution in [0.15, 0.2) is 67.6 Å². The number of hydrogen-bond donors (Lipinski definition) is 5.